The molecule has 0 unspecified atom stereocenters. The molecule has 0 atom stereocenters. The summed E-state index contributed by atoms with van der Waals surface area (Å²) in [5.74, 6) is 0. The minimum atomic E-state index is -1.38. The SMILES string of the molecule is O=[N+]([O-])c1cc(Br)ccc1-c1ccc2ccccc2c1.O=[N+]([O-])c1cc(Br)ccc1I.OB(O)c1ccc2ccccc2c1. The largest absolute Gasteiger partial charge is 0.488 e. The Labute approximate surface area is 283 Å². The molecule has 0 aliphatic carbocycles. The minimum Gasteiger partial charge on any atom is -0.423 e. The molecule has 220 valence electrons. The van der Waals surface area contributed by atoms with E-state index in [1.54, 1.807) is 30.3 Å². The molecule has 0 spiro atoms. The van der Waals surface area contributed by atoms with Gasteiger partial charge in [-0.1, -0.05) is 111 Å². The van der Waals surface area contributed by atoms with Crippen LogP contribution < -0.4 is 5.46 Å². The van der Waals surface area contributed by atoms with Gasteiger partial charge >= 0.3 is 7.12 Å². The number of hydrogen-bond acceptors (Lipinski definition) is 6. The lowest BCUT2D eigenvalue weighted by Gasteiger charge is -2.05. The Balaban J connectivity index is 0.000000160. The first-order valence-electron chi connectivity index (χ1n) is 12.9. The molecule has 6 aromatic rings. The van der Waals surface area contributed by atoms with Crippen molar-refractivity contribution in [2.75, 3.05) is 0 Å². The molecule has 6 aromatic carbocycles. The van der Waals surface area contributed by atoms with Gasteiger partial charge in [-0.05, 0) is 85.5 Å². The van der Waals surface area contributed by atoms with Gasteiger partial charge in [-0.2, -0.15) is 0 Å². The van der Waals surface area contributed by atoms with Crippen LogP contribution in [0.5, 0.6) is 0 Å². The predicted octanol–water partition coefficient (Wildman–Crippen LogP) is 8.66. The fourth-order valence-corrected chi connectivity index (χ4v) is 5.48. The van der Waals surface area contributed by atoms with Crippen LogP contribution in [0.1, 0.15) is 0 Å². The molecule has 0 saturated heterocycles. The van der Waals surface area contributed by atoms with Gasteiger partial charge in [0.15, 0.2) is 0 Å². The molecule has 0 bridgehead atoms. The summed E-state index contributed by atoms with van der Waals surface area (Å²) in [6, 6.07) is 37.1. The Morgan fingerprint density at radius 1 is 0.591 bits per heavy atom. The van der Waals surface area contributed by atoms with E-state index in [2.05, 4.69) is 31.9 Å². The van der Waals surface area contributed by atoms with Gasteiger partial charge in [0.2, 0.25) is 0 Å². The van der Waals surface area contributed by atoms with Gasteiger partial charge in [-0.3, -0.25) is 20.2 Å². The molecule has 0 aromatic heterocycles. The quantitative estimate of drug-likeness (QED) is 0.0793. The number of benzene rings is 6. The van der Waals surface area contributed by atoms with E-state index in [-0.39, 0.29) is 16.3 Å². The normalized spacial score (nSPS) is 10.3. The van der Waals surface area contributed by atoms with Crippen LogP contribution >= 0.6 is 54.5 Å². The lowest BCUT2D eigenvalue weighted by Crippen LogP contribution is -2.29. The molecular weight excluding hydrogens is 806 g/mol. The first kappa shape index (κ1) is 33.2. The third-order valence-electron chi connectivity index (χ3n) is 6.39. The van der Waals surface area contributed by atoms with E-state index >= 15 is 0 Å². The summed E-state index contributed by atoms with van der Waals surface area (Å²) in [6.45, 7) is 0. The third kappa shape index (κ3) is 8.70. The average molecular weight is 828 g/mol. The Hall–Kier alpha value is -3.69. The Kier molecular flexibility index (Phi) is 11.6. The number of rotatable bonds is 4. The molecule has 8 nitrogen and oxygen atoms in total. The molecule has 0 amide bonds. The van der Waals surface area contributed by atoms with E-state index in [4.69, 9.17) is 10.0 Å². The van der Waals surface area contributed by atoms with Crippen LogP contribution in [0.4, 0.5) is 11.4 Å². The molecule has 0 radical (unpaired) electrons. The van der Waals surface area contributed by atoms with Gasteiger partial charge in [0.05, 0.1) is 19.0 Å². The molecule has 0 aliphatic heterocycles. The van der Waals surface area contributed by atoms with Crippen molar-refractivity contribution in [3.8, 4) is 11.1 Å². The summed E-state index contributed by atoms with van der Waals surface area (Å²) in [5.41, 5.74) is 2.25. The van der Waals surface area contributed by atoms with Crippen molar-refractivity contribution >= 4 is 100.0 Å². The van der Waals surface area contributed by atoms with Crippen LogP contribution in [0.2, 0.25) is 0 Å². The highest BCUT2D eigenvalue weighted by Gasteiger charge is 2.16. The first-order chi connectivity index (χ1) is 21.0. The number of nitrogens with zero attached hydrogens (tertiary/aromatic N) is 2. The van der Waals surface area contributed by atoms with Crippen LogP contribution in [0.25, 0.3) is 32.7 Å². The zero-order valence-electron chi connectivity index (χ0n) is 22.7. The van der Waals surface area contributed by atoms with E-state index in [9.17, 15) is 20.2 Å². The van der Waals surface area contributed by atoms with Crippen molar-refractivity contribution in [1.29, 1.82) is 0 Å². The molecule has 44 heavy (non-hydrogen) atoms. The maximum Gasteiger partial charge on any atom is 0.488 e. The van der Waals surface area contributed by atoms with Crippen LogP contribution in [0.3, 0.4) is 0 Å². The molecule has 0 heterocycles. The molecule has 0 fully saturated rings. The van der Waals surface area contributed by atoms with E-state index in [1.165, 1.54) is 12.1 Å². The van der Waals surface area contributed by atoms with Gasteiger partial charge in [0, 0.05) is 21.1 Å². The summed E-state index contributed by atoms with van der Waals surface area (Å²) in [5, 5.41) is 43.7. The molecular formula is C32H22BBr2IN2O6. The summed E-state index contributed by atoms with van der Waals surface area (Å²) < 4.78 is 2.08. The highest BCUT2D eigenvalue weighted by atomic mass is 127. The molecule has 0 aliphatic rings. The average Bonchev–Trinajstić information content (AvgIpc) is 3.02. The van der Waals surface area contributed by atoms with E-state index in [0.717, 1.165) is 31.6 Å². The lowest BCUT2D eigenvalue weighted by molar-refractivity contribution is -0.385. The number of halogens is 3. The Morgan fingerprint density at radius 2 is 1.09 bits per heavy atom. The van der Waals surface area contributed by atoms with Crippen molar-refractivity contribution in [1.82, 2.24) is 0 Å². The van der Waals surface area contributed by atoms with Crippen LogP contribution in [0.15, 0.2) is 130 Å². The number of nitro groups is 2. The maximum absolute atomic E-state index is 11.2. The molecule has 12 heteroatoms. The lowest BCUT2D eigenvalue weighted by atomic mass is 9.79. The third-order valence-corrected chi connectivity index (χ3v) is 8.29. The van der Waals surface area contributed by atoms with Crippen molar-refractivity contribution < 1.29 is 19.9 Å². The van der Waals surface area contributed by atoms with E-state index in [1.807, 2.05) is 101 Å². The second-order valence-electron chi connectivity index (χ2n) is 9.31. The second-order valence-corrected chi connectivity index (χ2v) is 12.3. The van der Waals surface area contributed by atoms with Gasteiger partial charge in [0.1, 0.15) is 0 Å². The molecule has 6 rings (SSSR count). The van der Waals surface area contributed by atoms with Crippen molar-refractivity contribution in [2.45, 2.75) is 0 Å². The van der Waals surface area contributed by atoms with Crippen molar-refractivity contribution in [3.05, 3.63) is 154 Å². The van der Waals surface area contributed by atoms with E-state index in [0.29, 0.717) is 19.1 Å². The van der Waals surface area contributed by atoms with Gasteiger partial charge in [0.25, 0.3) is 11.4 Å². The zero-order chi connectivity index (χ0) is 31.8. The standard InChI is InChI=1S/C16H10BrNO2.C10H9BO2.C6H3BrINO2/c17-14-7-8-15(16(10-14)18(19)20)13-6-5-11-3-1-2-4-12(11)9-13;12-11(13)10-6-5-8-3-1-2-4-9(8)7-10;7-4-1-2-5(8)6(3-4)9(10)11/h1-10H;1-7,12-13H;1-3H. The van der Waals surface area contributed by atoms with E-state index < -0.39 is 12.0 Å². The van der Waals surface area contributed by atoms with Crippen LogP contribution in [-0.2, 0) is 0 Å². The zero-order valence-corrected chi connectivity index (χ0v) is 28.0. The van der Waals surface area contributed by atoms with Gasteiger partial charge in [-0.15, -0.1) is 0 Å². The summed E-state index contributed by atoms with van der Waals surface area (Å²) in [6.07, 6.45) is 0. The summed E-state index contributed by atoms with van der Waals surface area (Å²) in [4.78, 5) is 20.8. The van der Waals surface area contributed by atoms with Crippen molar-refractivity contribution in [2.24, 2.45) is 0 Å². The fourth-order valence-electron chi connectivity index (χ4n) is 4.25. The number of hydrogen-bond donors (Lipinski definition) is 2. The Morgan fingerprint density at radius 3 is 1.64 bits per heavy atom. The van der Waals surface area contributed by atoms with Gasteiger partial charge in [-0.25, -0.2) is 0 Å². The fraction of sp³-hybridized carbons (Fsp3) is 0. The molecule has 0 saturated carbocycles. The highest BCUT2D eigenvalue weighted by Crippen LogP contribution is 2.34. The summed E-state index contributed by atoms with van der Waals surface area (Å²) >= 11 is 8.36. The number of nitro benzene ring substituents is 2. The van der Waals surface area contributed by atoms with Crippen molar-refractivity contribution in [3.63, 3.8) is 0 Å². The van der Waals surface area contributed by atoms with Crippen LogP contribution in [0, 0.1) is 23.8 Å². The number of fused-ring (bicyclic) bond motifs is 2. The predicted molar refractivity (Wildman–Crippen MR) is 191 cm³/mol. The Bertz CT molecular complexity index is 1980. The second kappa shape index (κ2) is 15.4. The topological polar surface area (TPSA) is 127 Å². The highest BCUT2D eigenvalue weighted by molar-refractivity contribution is 14.1. The minimum absolute atomic E-state index is 0.106. The summed E-state index contributed by atoms with van der Waals surface area (Å²) in [7, 11) is -1.38. The first-order valence-corrected chi connectivity index (χ1v) is 15.6. The maximum atomic E-state index is 11.2. The smallest absolute Gasteiger partial charge is 0.423 e. The van der Waals surface area contributed by atoms with Gasteiger partial charge < -0.3 is 10.0 Å². The van der Waals surface area contributed by atoms with Crippen LogP contribution in [-0.4, -0.2) is 27.0 Å². The monoisotopic (exact) mass is 826 g/mol. The molecule has 2 N–H and O–H groups in total.